The molecule has 5 rings (SSSR count). The maximum Gasteiger partial charge on any atom is 0.416 e. The second-order valence-electron chi connectivity index (χ2n) is 9.57. The van der Waals surface area contributed by atoms with Gasteiger partial charge < -0.3 is 31.3 Å². The van der Waals surface area contributed by atoms with Crippen molar-refractivity contribution in [1.82, 2.24) is 0 Å². The number of hydrogen-bond donors (Lipinski definition) is 6. The third kappa shape index (κ3) is 3.67. The second-order valence-corrected chi connectivity index (χ2v) is 9.57. The van der Waals surface area contributed by atoms with Gasteiger partial charge in [0.15, 0.2) is 11.4 Å². The Bertz CT molecular complexity index is 1550. The van der Waals surface area contributed by atoms with Crippen molar-refractivity contribution in [3.05, 3.63) is 81.6 Å². The highest BCUT2D eigenvalue weighted by Gasteiger charge is 2.64. The third-order valence-corrected chi connectivity index (χ3v) is 7.46. The number of ketones is 2. The van der Waals surface area contributed by atoms with E-state index in [0.717, 1.165) is 24.3 Å². The molecule has 0 bridgehead atoms. The Balaban J connectivity index is 1.77. The smallest absolute Gasteiger partial charge is 0.416 e. The number of carbonyl (C=O) groups excluding carboxylic acids is 3. The van der Waals surface area contributed by atoms with Gasteiger partial charge in [-0.15, -0.1) is 0 Å². The molecule has 0 heterocycles. The van der Waals surface area contributed by atoms with E-state index < -0.39 is 87.6 Å². The van der Waals surface area contributed by atoms with Crippen molar-refractivity contribution < 1.29 is 53.1 Å². The summed E-state index contributed by atoms with van der Waals surface area (Å²) in [5, 5.41) is 55.2. The van der Waals surface area contributed by atoms with Gasteiger partial charge in [-0.25, -0.2) is 0 Å². The summed E-state index contributed by atoms with van der Waals surface area (Å²) in [6.45, 7) is 0. The molecule has 3 aliphatic carbocycles. The van der Waals surface area contributed by atoms with Crippen LogP contribution in [0.1, 0.15) is 28.7 Å². The highest BCUT2D eigenvalue weighted by molar-refractivity contribution is 6.23. The van der Waals surface area contributed by atoms with Gasteiger partial charge in [-0.1, -0.05) is 30.3 Å². The predicted molar refractivity (Wildman–Crippen MR) is 128 cm³/mol. The zero-order chi connectivity index (χ0) is 28.6. The number of hydrogen-bond acceptors (Lipinski definition) is 8. The van der Waals surface area contributed by atoms with Crippen LogP contribution < -0.4 is 5.73 Å². The number of primary amides is 1. The van der Waals surface area contributed by atoms with Crippen LogP contribution in [0.2, 0.25) is 0 Å². The fourth-order valence-electron chi connectivity index (χ4n) is 5.64. The minimum absolute atomic E-state index is 0.0768. The molecule has 12 heteroatoms. The number of aliphatic hydroxyl groups is 4. The number of fused-ring (bicyclic) bond motifs is 3. The number of nitrogens with two attached hydrogens (primary N) is 1. The quantitative estimate of drug-likeness (QED) is 0.313. The Hall–Kier alpha value is -4.42. The minimum atomic E-state index is -4.60. The Labute approximate surface area is 217 Å². The van der Waals surface area contributed by atoms with Crippen molar-refractivity contribution in [2.75, 3.05) is 0 Å². The van der Waals surface area contributed by atoms with Crippen LogP contribution in [0, 0.1) is 11.8 Å². The van der Waals surface area contributed by atoms with Crippen LogP contribution in [0.15, 0.2) is 59.4 Å². The number of Topliss-reactive ketones (excluding diaryl/α,β-unsaturated/α-hetero) is 2. The first kappa shape index (κ1) is 26.2. The lowest BCUT2D eigenvalue weighted by atomic mass is 9.56. The summed E-state index contributed by atoms with van der Waals surface area (Å²) in [5.41, 5.74) is -0.305. The molecule has 2 aromatic carbocycles. The summed E-state index contributed by atoms with van der Waals surface area (Å²) in [7, 11) is 0. The highest BCUT2D eigenvalue weighted by Crippen LogP contribution is 2.55. The molecule has 1 saturated carbocycles. The molecule has 0 aromatic heterocycles. The van der Waals surface area contributed by atoms with E-state index in [1.807, 2.05) is 0 Å². The van der Waals surface area contributed by atoms with Gasteiger partial charge in [0.2, 0.25) is 5.78 Å². The van der Waals surface area contributed by atoms with E-state index in [1.165, 1.54) is 24.3 Å². The van der Waals surface area contributed by atoms with Crippen LogP contribution in [-0.2, 0) is 20.6 Å². The van der Waals surface area contributed by atoms with Gasteiger partial charge in [0.1, 0.15) is 22.8 Å². The maximum atomic E-state index is 13.8. The van der Waals surface area contributed by atoms with Crippen LogP contribution in [0.4, 0.5) is 13.2 Å². The van der Waals surface area contributed by atoms with Gasteiger partial charge in [-0.05, 0) is 34.9 Å². The van der Waals surface area contributed by atoms with Crippen molar-refractivity contribution >= 4 is 34.9 Å². The van der Waals surface area contributed by atoms with Gasteiger partial charge in [-0.2, -0.15) is 13.2 Å². The molecule has 2 aromatic rings. The number of alkyl halides is 3. The molecule has 0 saturated heterocycles. The molecular weight excluding hydrogens is 523 g/mol. The van der Waals surface area contributed by atoms with Crippen LogP contribution in [0.3, 0.4) is 0 Å². The van der Waals surface area contributed by atoms with E-state index in [-0.39, 0.29) is 22.3 Å². The van der Waals surface area contributed by atoms with Gasteiger partial charge in [0.25, 0.3) is 5.91 Å². The number of phenolic OH excluding ortho intramolecular Hbond substituents is 1. The van der Waals surface area contributed by atoms with Crippen LogP contribution in [0.25, 0.3) is 17.4 Å². The lowest BCUT2D eigenvalue weighted by Crippen LogP contribution is -2.63. The van der Waals surface area contributed by atoms with Gasteiger partial charge in [0.05, 0.1) is 22.8 Å². The molecule has 0 aliphatic heterocycles. The van der Waals surface area contributed by atoms with Gasteiger partial charge in [0, 0.05) is 18.3 Å². The van der Waals surface area contributed by atoms with Crippen molar-refractivity contribution in [1.29, 1.82) is 0 Å². The zero-order valence-electron chi connectivity index (χ0n) is 19.7. The van der Waals surface area contributed by atoms with E-state index >= 15 is 0 Å². The Kier molecular flexibility index (Phi) is 5.74. The van der Waals surface area contributed by atoms with E-state index in [2.05, 4.69) is 0 Å². The Morgan fingerprint density at radius 2 is 1.69 bits per heavy atom. The van der Waals surface area contributed by atoms with E-state index in [0.29, 0.717) is 0 Å². The zero-order valence-corrected chi connectivity index (χ0v) is 19.7. The molecule has 4 unspecified atom stereocenters. The molecule has 0 radical (unpaired) electrons. The van der Waals surface area contributed by atoms with Crippen LogP contribution in [-0.4, -0.2) is 54.7 Å². The molecule has 4 atom stereocenters. The minimum Gasteiger partial charge on any atom is -0.508 e. The van der Waals surface area contributed by atoms with Crippen molar-refractivity contribution in [2.45, 2.75) is 24.3 Å². The standard InChI is InChI=1S/C27H20F3NO8/c28-27(29,30)11-6-4-10(5-7-11)8-13-12-2-1-3-15(32)17(12)22(35)20-18(13)21(34)14-9-16(33)19(25(31)38)23(36)26(14,39)24(20)37/h1-8,14,18,21,32,34-36,39H,9H2,(H2,31,38)/b13-8+. The second kappa shape index (κ2) is 8.55. The van der Waals surface area contributed by atoms with Crippen molar-refractivity contribution in [3.8, 4) is 5.75 Å². The Morgan fingerprint density at radius 3 is 2.28 bits per heavy atom. The lowest BCUT2D eigenvalue weighted by Gasteiger charge is -2.49. The van der Waals surface area contributed by atoms with E-state index in [1.54, 1.807) is 0 Å². The average Bonchev–Trinajstić information content (AvgIpc) is 2.85. The number of aliphatic hydroxyl groups excluding tert-OH is 3. The molecule has 1 amide bonds. The third-order valence-electron chi connectivity index (χ3n) is 7.46. The molecular formula is C27H20F3NO8. The molecule has 9 nitrogen and oxygen atoms in total. The number of amides is 1. The molecule has 0 spiro atoms. The first-order valence-electron chi connectivity index (χ1n) is 11.6. The normalized spacial score (nSPS) is 27.8. The number of phenols is 1. The number of carbonyl (C=O) groups is 3. The Morgan fingerprint density at radius 1 is 1.05 bits per heavy atom. The maximum absolute atomic E-state index is 13.8. The number of halogens is 3. The molecule has 7 N–H and O–H groups in total. The monoisotopic (exact) mass is 543 g/mol. The first-order valence-corrected chi connectivity index (χ1v) is 11.6. The summed E-state index contributed by atoms with van der Waals surface area (Å²) in [6, 6.07) is 7.95. The highest BCUT2D eigenvalue weighted by atomic mass is 19.4. The molecule has 39 heavy (non-hydrogen) atoms. The van der Waals surface area contributed by atoms with Crippen LogP contribution >= 0.6 is 0 Å². The topological polar surface area (TPSA) is 178 Å². The SMILES string of the molecule is NC(=O)C1=C(O)C2(O)C(=O)C3=C(O)c4c(O)cccc4/C(=C\c4ccc(C(F)(F)F)cc4)C3C(O)C2CC1=O. The van der Waals surface area contributed by atoms with Gasteiger partial charge in [-0.3, -0.25) is 14.4 Å². The number of rotatable bonds is 2. The summed E-state index contributed by atoms with van der Waals surface area (Å²) >= 11 is 0. The van der Waals surface area contributed by atoms with Crippen LogP contribution in [0.5, 0.6) is 5.75 Å². The number of benzene rings is 2. The fourth-order valence-corrected chi connectivity index (χ4v) is 5.64. The molecule has 1 fully saturated rings. The summed E-state index contributed by atoms with van der Waals surface area (Å²) < 4.78 is 39.2. The van der Waals surface area contributed by atoms with E-state index in [4.69, 9.17) is 5.73 Å². The fraction of sp³-hybridized carbons (Fsp3) is 0.222. The van der Waals surface area contributed by atoms with E-state index in [9.17, 15) is 53.1 Å². The summed E-state index contributed by atoms with van der Waals surface area (Å²) in [5.74, 6) is -9.62. The van der Waals surface area contributed by atoms with Gasteiger partial charge >= 0.3 is 6.18 Å². The first-order chi connectivity index (χ1) is 18.2. The average molecular weight is 543 g/mol. The predicted octanol–water partition coefficient (Wildman–Crippen LogP) is 2.41. The number of aromatic hydroxyl groups is 1. The van der Waals surface area contributed by atoms with Crippen molar-refractivity contribution in [3.63, 3.8) is 0 Å². The summed E-state index contributed by atoms with van der Waals surface area (Å²) in [6.07, 6.45) is -5.86. The van der Waals surface area contributed by atoms with Crippen molar-refractivity contribution in [2.24, 2.45) is 17.6 Å². The summed E-state index contributed by atoms with van der Waals surface area (Å²) in [4.78, 5) is 38.2. The largest absolute Gasteiger partial charge is 0.508 e. The molecule has 202 valence electrons. The molecule has 3 aliphatic rings. The lowest BCUT2D eigenvalue weighted by molar-refractivity contribution is -0.157.